The van der Waals surface area contributed by atoms with Gasteiger partial charge < -0.3 is 0 Å². The predicted molar refractivity (Wildman–Crippen MR) is 68.0 cm³/mol. The lowest BCUT2D eigenvalue weighted by Crippen LogP contribution is -1.89. The van der Waals surface area contributed by atoms with Crippen molar-refractivity contribution in [2.45, 2.75) is 0 Å². The van der Waals surface area contributed by atoms with Crippen LogP contribution in [0.4, 0.5) is 0 Å². The number of hydrogen-bond acceptors (Lipinski definition) is 2. The summed E-state index contributed by atoms with van der Waals surface area (Å²) in [6.07, 6.45) is 2.09. The lowest BCUT2D eigenvalue weighted by molar-refractivity contribution is 1.17. The third-order valence-electron chi connectivity index (χ3n) is 3.00. The van der Waals surface area contributed by atoms with Gasteiger partial charge >= 0.3 is 0 Å². The quantitative estimate of drug-likeness (QED) is 0.455. The van der Waals surface area contributed by atoms with E-state index in [0.717, 1.165) is 27.7 Å². The standard InChI is InChI=1S/C14H9N3/c1-2-6-11-10(5-1)9-17-13-8-4-3-7-12(13)16-14(17)15-11/h1-9H. The summed E-state index contributed by atoms with van der Waals surface area (Å²) in [4.78, 5) is 9.08. The summed E-state index contributed by atoms with van der Waals surface area (Å²) in [7, 11) is 0. The van der Waals surface area contributed by atoms with Crippen LogP contribution in [0.2, 0.25) is 0 Å². The Bertz CT molecular complexity index is 840. The molecule has 0 saturated carbocycles. The molecule has 80 valence electrons. The van der Waals surface area contributed by atoms with Gasteiger partial charge in [0.15, 0.2) is 0 Å². The van der Waals surface area contributed by atoms with Gasteiger partial charge in [-0.15, -0.1) is 0 Å². The van der Waals surface area contributed by atoms with Crippen molar-refractivity contribution in [1.29, 1.82) is 0 Å². The monoisotopic (exact) mass is 219 g/mol. The molecule has 17 heavy (non-hydrogen) atoms. The fraction of sp³-hybridized carbons (Fsp3) is 0. The summed E-state index contributed by atoms with van der Waals surface area (Å²) in [5.41, 5.74) is 3.06. The topological polar surface area (TPSA) is 30.2 Å². The number of hydrogen-bond donors (Lipinski definition) is 0. The highest BCUT2D eigenvalue weighted by atomic mass is 15.1. The van der Waals surface area contributed by atoms with E-state index in [1.807, 2.05) is 40.8 Å². The van der Waals surface area contributed by atoms with Gasteiger partial charge in [-0.2, -0.15) is 0 Å². The lowest BCUT2D eigenvalue weighted by Gasteiger charge is -1.98. The van der Waals surface area contributed by atoms with Gasteiger partial charge in [0.25, 0.3) is 0 Å². The fourth-order valence-electron chi connectivity index (χ4n) is 2.18. The van der Waals surface area contributed by atoms with E-state index < -0.39 is 0 Å². The van der Waals surface area contributed by atoms with Crippen LogP contribution in [-0.2, 0) is 0 Å². The molecule has 4 rings (SSSR count). The Labute approximate surface area is 97.4 Å². The van der Waals surface area contributed by atoms with Crippen molar-refractivity contribution >= 4 is 27.7 Å². The molecule has 2 aromatic carbocycles. The molecule has 3 nitrogen and oxygen atoms in total. The molecule has 2 heterocycles. The second-order valence-electron chi connectivity index (χ2n) is 4.07. The molecule has 3 heteroatoms. The molecule has 0 N–H and O–H groups in total. The number of benzene rings is 2. The van der Waals surface area contributed by atoms with Gasteiger partial charge in [0.1, 0.15) is 0 Å². The van der Waals surface area contributed by atoms with Crippen LogP contribution < -0.4 is 0 Å². The second kappa shape index (κ2) is 3.04. The van der Waals surface area contributed by atoms with Gasteiger partial charge in [-0.05, 0) is 18.2 Å². The maximum atomic E-state index is 4.57. The Balaban J connectivity index is 2.28. The minimum Gasteiger partial charge on any atom is -0.283 e. The SMILES string of the molecule is c1ccc2nc3nc4ccccc4n3cc2c1. The van der Waals surface area contributed by atoms with E-state index in [9.17, 15) is 0 Å². The average Bonchev–Trinajstić information content (AvgIpc) is 2.73. The molecule has 0 bridgehead atoms. The molecule has 0 saturated heterocycles. The number of imidazole rings is 1. The molecule has 0 radical (unpaired) electrons. The molecule has 0 aliphatic rings. The second-order valence-corrected chi connectivity index (χ2v) is 4.07. The highest BCUT2D eigenvalue weighted by Crippen LogP contribution is 2.18. The number of fused-ring (bicyclic) bond motifs is 4. The van der Waals surface area contributed by atoms with E-state index in [1.165, 1.54) is 0 Å². The van der Waals surface area contributed by atoms with Crippen LogP contribution in [0.5, 0.6) is 0 Å². The Morgan fingerprint density at radius 1 is 0.765 bits per heavy atom. The highest BCUT2D eigenvalue weighted by Gasteiger charge is 2.05. The summed E-state index contributed by atoms with van der Waals surface area (Å²) in [6, 6.07) is 16.2. The Hall–Kier alpha value is -2.42. The van der Waals surface area contributed by atoms with Gasteiger partial charge in [-0.3, -0.25) is 4.40 Å². The van der Waals surface area contributed by atoms with Crippen molar-refractivity contribution in [3.8, 4) is 0 Å². The zero-order valence-corrected chi connectivity index (χ0v) is 9.04. The maximum absolute atomic E-state index is 4.57. The molecule has 2 aromatic heterocycles. The molecule has 0 unspecified atom stereocenters. The van der Waals surface area contributed by atoms with E-state index in [2.05, 4.69) is 28.3 Å². The Morgan fingerprint density at radius 3 is 2.41 bits per heavy atom. The molecule has 0 aliphatic heterocycles. The molecule has 0 amide bonds. The molecule has 0 fully saturated rings. The average molecular weight is 219 g/mol. The van der Waals surface area contributed by atoms with Gasteiger partial charge in [-0.25, -0.2) is 9.97 Å². The molecular weight excluding hydrogens is 210 g/mol. The first-order valence-electron chi connectivity index (χ1n) is 5.54. The fourth-order valence-corrected chi connectivity index (χ4v) is 2.18. The summed E-state index contributed by atoms with van der Waals surface area (Å²) in [6.45, 7) is 0. The minimum atomic E-state index is 0.755. The van der Waals surface area contributed by atoms with E-state index >= 15 is 0 Å². The maximum Gasteiger partial charge on any atom is 0.235 e. The number of nitrogens with zero attached hydrogens (tertiary/aromatic N) is 3. The Kier molecular flexibility index (Phi) is 1.56. The first-order chi connectivity index (χ1) is 8.42. The van der Waals surface area contributed by atoms with Crippen LogP contribution >= 0.6 is 0 Å². The van der Waals surface area contributed by atoms with Gasteiger partial charge in [0.05, 0.1) is 16.6 Å². The molecule has 4 aromatic rings. The number of rotatable bonds is 0. The summed E-state index contributed by atoms with van der Waals surface area (Å²) in [5.74, 6) is 0.755. The van der Waals surface area contributed by atoms with Gasteiger partial charge in [0.2, 0.25) is 5.78 Å². The van der Waals surface area contributed by atoms with E-state index in [0.29, 0.717) is 0 Å². The summed E-state index contributed by atoms with van der Waals surface area (Å²) >= 11 is 0. The predicted octanol–water partition coefficient (Wildman–Crippen LogP) is 3.04. The zero-order valence-electron chi connectivity index (χ0n) is 9.04. The molecule has 0 aliphatic carbocycles. The van der Waals surface area contributed by atoms with E-state index in [4.69, 9.17) is 0 Å². The molecular formula is C14H9N3. The van der Waals surface area contributed by atoms with Crippen LogP contribution in [0.25, 0.3) is 27.7 Å². The Morgan fingerprint density at radius 2 is 1.47 bits per heavy atom. The third kappa shape index (κ3) is 1.16. The third-order valence-corrected chi connectivity index (χ3v) is 3.00. The molecule has 0 atom stereocenters. The van der Waals surface area contributed by atoms with Crippen LogP contribution in [0, 0.1) is 0 Å². The number of para-hydroxylation sites is 3. The summed E-state index contributed by atoms with van der Waals surface area (Å²) in [5, 5.41) is 1.13. The van der Waals surface area contributed by atoms with Crippen molar-refractivity contribution in [2.24, 2.45) is 0 Å². The largest absolute Gasteiger partial charge is 0.283 e. The van der Waals surface area contributed by atoms with Crippen molar-refractivity contribution in [3.63, 3.8) is 0 Å². The molecule has 0 spiro atoms. The number of aromatic nitrogens is 3. The highest BCUT2D eigenvalue weighted by molar-refractivity contribution is 5.85. The summed E-state index contributed by atoms with van der Waals surface area (Å²) < 4.78 is 2.04. The first kappa shape index (κ1) is 8.70. The lowest BCUT2D eigenvalue weighted by atomic mass is 10.2. The smallest absolute Gasteiger partial charge is 0.235 e. The minimum absolute atomic E-state index is 0.755. The van der Waals surface area contributed by atoms with Crippen LogP contribution in [0.1, 0.15) is 0 Å². The van der Waals surface area contributed by atoms with Crippen molar-refractivity contribution in [2.75, 3.05) is 0 Å². The van der Waals surface area contributed by atoms with Crippen molar-refractivity contribution < 1.29 is 0 Å². The van der Waals surface area contributed by atoms with Crippen molar-refractivity contribution in [3.05, 3.63) is 54.7 Å². The van der Waals surface area contributed by atoms with Crippen LogP contribution in [0.3, 0.4) is 0 Å². The van der Waals surface area contributed by atoms with E-state index in [1.54, 1.807) is 0 Å². The van der Waals surface area contributed by atoms with Gasteiger partial charge in [0, 0.05) is 11.6 Å². The first-order valence-corrected chi connectivity index (χ1v) is 5.54. The van der Waals surface area contributed by atoms with Crippen LogP contribution in [0.15, 0.2) is 54.7 Å². The normalized spacial score (nSPS) is 11.5. The zero-order chi connectivity index (χ0) is 11.2. The van der Waals surface area contributed by atoms with Gasteiger partial charge in [-0.1, -0.05) is 30.3 Å². The van der Waals surface area contributed by atoms with Crippen molar-refractivity contribution in [1.82, 2.24) is 14.4 Å². The van der Waals surface area contributed by atoms with E-state index in [-0.39, 0.29) is 0 Å². The van der Waals surface area contributed by atoms with Crippen LogP contribution in [-0.4, -0.2) is 14.4 Å².